The van der Waals surface area contributed by atoms with Crippen LogP contribution in [0.4, 0.5) is 5.82 Å². The number of pyridine rings is 1. The molecule has 3 N–H and O–H groups in total. The Morgan fingerprint density at radius 3 is 2.86 bits per heavy atom. The number of nitrogens with two attached hydrogens (primary N) is 1. The summed E-state index contributed by atoms with van der Waals surface area (Å²) in [5, 5.41) is 9.49. The molecule has 0 aliphatic carbocycles. The fraction of sp³-hybridized carbons (Fsp3) is 0.333. The van der Waals surface area contributed by atoms with Crippen LogP contribution in [0.3, 0.4) is 0 Å². The maximum Gasteiger partial charge on any atom is 0.231 e. The summed E-state index contributed by atoms with van der Waals surface area (Å²) in [6.07, 6.45) is 2.27. The van der Waals surface area contributed by atoms with Crippen LogP contribution >= 0.6 is 0 Å². The molecule has 21 heavy (non-hydrogen) atoms. The normalized spacial score (nSPS) is 14.2. The monoisotopic (exact) mass is 286 g/mol. The van der Waals surface area contributed by atoms with Crippen molar-refractivity contribution in [3.8, 4) is 11.5 Å². The first-order valence-electron chi connectivity index (χ1n) is 6.80. The summed E-state index contributed by atoms with van der Waals surface area (Å²) in [6, 6.07) is 5.96. The first-order valence-corrected chi connectivity index (χ1v) is 6.80. The zero-order valence-electron chi connectivity index (χ0n) is 12.1. The quantitative estimate of drug-likeness (QED) is 0.664. The van der Waals surface area contributed by atoms with Crippen LogP contribution in [0.5, 0.6) is 11.5 Å². The lowest BCUT2D eigenvalue weighted by Gasteiger charge is -2.26. The van der Waals surface area contributed by atoms with Gasteiger partial charge in [0.1, 0.15) is 5.82 Å². The molecule has 2 heterocycles. The van der Waals surface area contributed by atoms with Crippen molar-refractivity contribution in [2.75, 3.05) is 18.7 Å². The number of fused-ring (bicyclic) bond motifs is 2. The zero-order valence-corrected chi connectivity index (χ0v) is 12.1. The van der Waals surface area contributed by atoms with E-state index in [0.29, 0.717) is 6.42 Å². The number of ether oxygens (including phenoxy) is 2. The number of benzene rings is 1. The maximum absolute atomic E-state index is 7.44. The number of aromatic nitrogens is 1. The largest absolute Gasteiger partial charge is 0.454 e. The lowest BCUT2D eigenvalue weighted by Crippen LogP contribution is -2.33. The van der Waals surface area contributed by atoms with Crippen molar-refractivity contribution >= 4 is 22.4 Å². The van der Waals surface area contributed by atoms with Crippen LogP contribution in [0.2, 0.25) is 0 Å². The van der Waals surface area contributed by atoms with Gasteiger partial charge in [-0.05, 0) is 30.5 Å². The van der Waals surface area contributed by atoms with E-state index >= 15 is 0 Å². The summed E-state index contributed by atoms with van der Waals surface area (Å²) in [5.74, 6) is 2.52. The highest BCUT2D eigenvalue weighted by Crippen LogP contribution is 2.38. The minimum absolute atomic E-state index is 0.0889. The molecule has 3 rings (SSSR count). The third-order valence-corrected chi connectivity index (χ3v) is 3.75. The SMILES string of the molecule is CC(CC(=N)N)N(C)c1nccc2cc3c(cc12)OCO3. The molecule has 0 saturated carbocycles. The molecule has 0 radical (unpaired) electrons. The van der Waals surface area contributed by atoms with Crippen LogP contribution in [-0.4, -0.2) is 30.7 Å². The standard InChI is InChI=1S/C15H18N4O2/c1-9(5-14(16)17)19(2)15-11-7-13-12(20-8-21-13)6-10(11)3-4-18-15/h3-4,6-7,9H,5,8H2,1-2H3,(H3,16,17). The molecule has 1 aliphatic rings. The first-order chi connectivity index (χ1) is 10.1. The molecule has 0 fully saturated rings. The lowest BCUT2D eigenvalue weighted by molar-refractivity contribution is 0.174. The van der Waals surface area contributed by atoms with Crippen molar-refractivity contribution < 1.29 is 9.47 Å². The molecule has 6 nitrogen and oxygen atoms in total. The Labute approximate surface area is 123 Å². The second-order valence-corrected chi connectivity index (χ2v) is 5.25. The molecule has 0 spiro atoms. The van der Waals surface area contributed by atoms with Gasteiger partial charge in [-0.15, -0.1) is 0 Å². The van der Waals surface area contributed by atoms with Gasteiger partial charge in [-0.1, -0.05) is 0 Å². The molecule has 1 atom stereocenters. The van der Waals surface area contributed by atoms with Gasteiger partial charge in [0.15, 0.2) is 11.5 Å². The molecule has 6 heteroatoms. The molecule has 1 aliphatic heterocycles. The van der Waals surface area contributed by atoms with Crippen LogP contribution in [-0.2, 0) is 0 Å². The van der Waals surface area contributed by atoms with Crippen LogP contribution in [0.1, 0.15) is 13.3 Å². The lowest BCUT2D eigenvalue weighted by atomic mass is 10.1. The van der Waals surface area contributed by atoms with E-state index < -0.39 is 0 Å². The van der Waals surface area contributed by atoms with Crippen LogP contribution in [0.15, 0.2) is 24.4 Å². The molecule has 0 amide bonds. The summed E-state index contributed by atoms with van der Waals surface area (Å²) in [4.78, 5) is 6.51. The number of amidine groups is 1. The number of hydrogen-bond acceptors (Lipinski definition) is 5. The van der Waals surface area contributed by atoms with Crippen molar-refractivity contribution in [2.45, 2.75) is 19.4 Å². The van der Waals surface area contributed by atoms with E-state index in [9.17, 15) is 0 Å². The number of hydrogen-bond donors (Lipinski definition) is 2. The number of anilines is 1. The molecule has 0 bridgehead atoms. The summed E-state index contributed by atoms with van der Waals surface area (Å²) >= 11 is 0. The molecule has 2 aromatic rings. The van der Waals surface area contributed by atoms with Gasteiger partial charge >= 0.3 is 0 Å². The van der Waals surface area contributed by atoms with Gasteiger partial charge in [-0.25, -0.2) is 4.98 Å². The maximum atomic E-state index is 7.44. The van der Waals surface area contributed by atoms with E-state index in [1.165, 1.54) is 0 Å². The van der Waals surface area contributed by atoms with E-state index in [4.69, 9.17) is 20.6 Å². The van der Waals surface area contributed by atoms with Gasteiger partial charge < -0.3 is 20.1 Å². The Hall–Kier alpha value is -2.50. The minimum atomic E-state index is 0.0889. The second-order valence-electron chi connectivity index (χ2n) is 5.25. The van der Waals surface area contributed by atoms with E-state index in [1.54, 1.807) is 6.20 Å². The number of nitrogens with zero attached hydrogens (tertiary/aromatic N) is 2. The van der Waals surface area contributed by atoms with Crippen molar-refractivity contribution in [1.82, 2.24) is 4.98 Å². The molecule has 110 valence electrons. The van der Waals surface area contributed by atoms with E-state index in [1.807, 2.05) is 37.1 Å². The van der Waals surface area contributed by atoms with E-state index in [-0.39, 0.29) is 18.7 Å². The number of rotatable bonds is 4. The first kappa shape index (κ1) is 13.5. The van der Waals surface area contributed by atoms with E-state index in [2.05, 4.69) is 4.98 Å². The average molecular weight is 286 g/mol. The predicted molar refractivity (Wildman–Crippen MR) is 82.3 cm³/mol. The second kappa shape index (κ2) is 5.12. The van der Waals surface area contributed by atoms with Crippen molar-refractivity contribution in [1.29, 1.82) is 5.41 Å². The van der Waals surface area contributed by atoms with Gasteiger partial charge in [0, 0.05) is 31.1 Å². The highest BCUT2D eigenvalue weighted by Gasteiger charge is 2.19. The van der Waals surface area contributed by atoms with Gasteiger partial charge in [-0.3, -0.25) is 5.41 Å². The van der Waals surface area contributed by atoms with Gasteiger partial charge in [0.05, 0.1) is 5.84 Å². The number of nitrogens with one attached hydrogen (secondary N) is 1. The Morgan fingerprint density at radius 1 is 1.43 bits per heavy atom. The predicted octanol–water partition coefficient (Wildman–Crippen LogP) is 2.11. The van der Waals surface area contributed by atoms with Crippen molar-refractivity contribution in [2.24, 2.45) is 5.73 Å². The third-order valence-electron chi connectivity index (χ3n) is 3.75. The van der Waals surface area contributed by atoms with Crippen LogP contribution in [0, 0.1) is 5.41 Å². The van der Waals surface area contributed by atoms with Crippen LogP contribution in [0.25, 0.3) is 10.8 Å². The minimum Gasteiger partial charge on any atom is -0.454 e. The van der Waals surface area contributed by atoms with Crippen molar-refractivity contribution in [3.63, 3.8) is 0 Å². The highest BCUT2D eigenvalue weighted by molar-refractivity contribution is 5.95. The summed E-state index contributed by atoms with van der Waals surface area (Å²) in [5.41, 5.74) is 5.50. The molecule has 1 aromatic carbocycles. The fourth-order valence-electron chi connectivity index (χ4n) is 2.49. The summed E-state index contributed by atoms with van der Waals surface area (Å²) in [7, 11) is 1.96. The third kappa shape index (κ3) is 2.44. The molecule has 0 saturated heterocycles. The van der Waals surface area contributed by atoms with Gasteiger partial charge in [-0.2, -0.15) is 0 Å². The highest BCUT2D eigenvalue weighted by atomic mass is 16.7. The summed E-state index contributed by atoms with van der Waals surface area (Å²) in [6.45, 7) is 2.28. The molecular weight excluding hydrogens is 268 g/mol. The Bertz CT molecular complexity index is 701. The molecule has 1 aromatic heterocycles. The Morgan fingerprint density at radius 2 is 2.14 bits per heavy atom. The zero-order chi connectivity index (χ0) is 15.0. The average Bonchev–Trinajstić information content (AvgIpc) is 2.89. The van der Waals surface area contributed by atoms with Crippen molar-refractivity contribution in [3.05, 3.63) is 24.4 Å². The molecular formula is C15H18N4O2. The Balaban J connectivity index is 2.04. The van der Waals surface area contributed by atoms with Gasteiger partial charge in [0.25, 0.3) is 0 Å². The Kier molecular flexibility index (Phi) is 3.29. The fourth-order valence-corrected chi connectivity index (χ4v) is 2.49. The van der Waals surface area contributed by atoms with E-state index in [0.717, 1.165) is 28.1 Å². The van der Waals surface area contributed by atoms with Crippen LogP contribution < -0.4 is 20.1 Å². The van der Waals surface area contributed by atoms with Gasteiger partial charge in [0.2, 0.25) is 6.79 Å². The smallest absolute Gasteiger partial charge is 0.231 e. The summed E-state index contributed by atoms with van der Waals surface area (Å²) < 4.78 is 10.8. The molecule has 1 unspecified atom stereocenters. The topological polar surface area (TPSA) is 84.5 Å².